The number of carbonyl (C=O) groups is 1. The Kier molecular flexibility index (Phi) is 4.22. The van der Waals surface area contributed by atoms with Crippen molar-refractivity contribution in [2.45, 2.75) is 32.6 Å². The lowest BCUT2D eigenvalue weighted by Crippen LogP contribution is -2.26. The van der Waals surface area contributed by atoms with E-state index >= 15 is 0 Å². The van der Waals surface area contributed by atoms with Gasteiger partial charge < -0.3 is 10.5 Å². The van der Waals surface area contributed by atoms with Gasteiger partial charge in [0.1, 0.15) is 0 Å². The molecule has 2 N–H and O–H groups in total. The van der Waals surface area contributed by atoms with E-state index in [4.69, 9.17) is 10.5 Å². The Labute approximate surface area is 79.6 Å². The molecule has 1 fully saturated rings. The van der Waals surface area contributed by atoms with Gasteiger partial charge in [0, 0.05) is 0 Å². The lowest BCUT2D eigenvalue weighted by molar-refractivity contribution is -0.149. The van der Waals surface area contributed by atoms with E-state index in [1.54, 1.807) is 0 Å². The molecule has 1 aliphatic carbocycles. The molecule has 0 unspecified atom stereocenters. The van der Waals surface area contributed by atoms with Crippen LogP contribution in [0.25, 0.3) is 0 Å². The minimum Gasteiger partial charge on any atom is -0.466 e. The van der Waals surface area contributed by atoms with Crippen LogP contribution in [-0.2, 0) is 9.53 Å². The van der Waals surface area contributed by atoms with Crippen LogP contribution in [0.2, 0.25) is 0 Å². The topological polar surface area (TPSA) is 52.3 Å². The Hall–Kier alpha value is -0.570. The minimum absolute atomic E-state index is 0.0158. The minimum atomic E-state index is -0.0158. The van der Waals surface area contributed by atoms with E-state index in [1.165, 1.54) is 0 Å². The van der Waals surface area contributed by atoms with E-state index in [-0.39, 0.29) is 11.9 Å². The zero-order valence-corrected chi connectivity index (χ0v) is 8.29. The van der Waals surface area contributed by atoms with Crippen LogP contribution in [0.15, 0.2) is 0 Å². The number of hydrogen-bond acceptors (Lipinski definition) is 3. The predicted molar refractivity (Wildman–Crippen MR) is 51.1 cm³/mol. The zero-order chi connectivity index (χ0) is 9.68. The molecule has 0 aliphatic heterocycles. The summed E-state index contributed by atoms with van der Waals surface area (Å²) in [7, 11) is 0. The molecule has 3 nitrogen and oxygen atoms in total. The van der Waals surface area contributed by atoms with E-state index in [0.717, 1.165) is 32.2 Å². The lowest BCUT2D eigenvalue weighted by atomic mass is 9.82. The molecule has 0 aromatic heterocycles. The molecule has 0 saturated heterocycles. The van der Waals surface area contributed by atoms with E-state index in [0.29, 0.717) is 12.5 Å². The summed E-state index contributed by atoms with van der Waals surface area (Å²) in [6.45, 7) is 3.11. The Morgan fingerprint density at radius 2 is 2.00 bits per heavy atom. The smallest absolute Gasteiger partial charge is 0.308 e. The normalized spacial score (nSPS) is 28.5. The van der Waals surface area contributed by atoms with Gasteiger partial charge in [-0.3, -0.25) is 4.79 Å². The van der Waals surface area contributed by atoms with Crippen molar-refractivity contribution in [3.05, 3.63) is 0 Å². The first kappa shape index (κ1) is 10.5. The average molecular weight is 185 g/mol. The van der Waals surface area contributed by atoms with E-state index in [9.17, 15) is 4.79 Å². The number of hydrogen-bond donors (Lipinski definition) is 1. The summed E-state index contributed by atoms with van der Waals surface area (Å²) in [5, 5.41) is 0. The van der Waals surface area contributed by atoms with E-state index in [1.807, 2.05) is 6.92 Å². The van der Waals surface area contributed by atoms with Crippen molar-refractivity contribution in [2.75, 3.05) is 13.2 Å². The number of rotatable bonds is 3. The van der Waals surface area contributed by atoms with Gasteiger partial charge in [-0.2, -0.15) is 0 Å². The van der Waals surface area contributed by atoms with Gasteiger partial charge >= 0.3 is 5.97 Å². The molecule has 0 aromatic carbocycles. The molecule has 3 heteroatoms. The van der Waals surface area contributed by atoms with Gasteiger partial charge in [-0.25, -0.2) is 0 Å². The summed E-state index contributed by atoms with van der Waals surface area (Å²) >= 11 is 0. The number of ether oxygens (including phenoxy) is 1. The van der Waals surface area contributed by atoms with Gasteiger partial charge in [0.2, 0.25) is 0 Å². The Morgan fingerprint density at radius 3 is 2.46 bits per heavy atom. The summed E-state index contributed by atoms with van der Waals surface area (Å²) in [6, 6.07) is 0. The van der Waals surface area contributed by atoms with Crippen molar-refractivity contribution >= 4 is 5.97 Å². The van der Waals surface area contributed by atoms with Crippen LogP contribution >= 0.6 is 0 Å². The largest absolute Gasteiger partial charge is 0.466 e. The molecule has 1 aliphatic rings. The molecule has 0 spiro atoms. The molecule has 1 rings (SSSR count). The summed E-state index contributed by atoms with van der Waals surface area (Å²) in [4.78, 5) is 11.3. The van der Waals surface area contributed by atoms with Crippen molar-refractivity contribution in [1.82, 2.24) is 0 Å². The van der Waals surface area contributed by atoms with Crippen LogP contribution < -0.4 is 5.73 Å². The summed E-state index contributed by atoms with van der Waals surface area (Å²) < 4.78 is 4.98. The summed E-state index contributed by atoms with van der Waals surface area (Å²) in [5.74, 6) is 0.756. The third-order valence-electron chi connectivity index (χ3n) is 2.80. The van der Waals surface area contributed by atoms with Gasteiger partial charge in [0.05, 0.1) is 12.5 Å². The number of esters is 1. The lowest BCUT2D eigenvalue weighted by Gasteiger charge is -2.25. The second-order valence-corrected chi connectivity index (χ2v) is 3.71. The first-order chi connectivity index (χ1) is 6.27. The maximum Gasteiger partial charge on any atom is 0.308 e. The maximum absolute atomic E-state index is 11.3. The molecule has 0 radical (unpaired) electrons. The molecule has 13 heavy (non-hydrogen) atoms. The molecule has 0 bridgehead atoms. The molecule has 76 valence electrons. The molecule has 1 saturated carbocycles. The number of nitrogens with two attached hydrogens (primary N) is 1. The highest BCUT2D eigenvalue weighted by Gasteiger charge is 2.26. The summed E-state index contributed by atoms with van der Waals surface area (Å²) in [5.41, 5.74) is 5.57. The second-order valence-electron chi connectivity index (χ2n) is 3.71. The fourth-order valence-electron chi connectivity index (χ4n) is 1.89. The fourth-order valence-corrected chi connectivity index (χ4v) is 1.89. The van der Waals surface area contributed by atoms with Crippen LogP contribution in [0, 0.1) is 11.8 Å². The van der Waals surface area contributed by atoms with Gasteiger partial charge in [-0.1, -0.05) is 0 Å². The van der Waals surface area contributed by atoms with Crippen molar-refractivity contribution in [3.8, 4) is 0 Å². The molecule has 0 atom stereocenters. The van der Waals surface area contributed by atoms with Crippen LogP contribution in [-0.4, -0.2) is 19.1 Å². The average Bonchev–Trinajstić information content (AvgIpc) is 2.18. The third-order valence-corrected chi connectivity index (χ3v) is 2.80. The van der Waals surface area contributed by atoms with Crippen LogP contribution in [0.5, 0.6) is 0 Å². The third kappa shape index (κ3) is 2.99. The molecular weight excluding hydrogens is 166 g/mol. The predicted octanol–water partition coefficient (Wildman–Crippen LogP) is 1.31. The fraction of sp³-hybridized carbons (Fsp3) is 0.900. The highest BCUT2D eigenvalue weighted by atomic mass is 16.5. The first-order valence-corrected chi connectivity index (χ1v) is 5.14. The molecule has 0 aromatic rings. The van der Waals surface area contributed by atoms with E-state index < -0.39 is 0 Å². The number of carbonyl (C=O) groups excluding carboxylic acids is 1. The van der Waals surface area contributed by atoms with Crippen LogP contribution in [0.1, 0.15) is 32.6 Å². The maximum atomic E-state index is 11.3. The Balaban J connectivity index is 2.28. The first-order valence-electron chi connectivity index (χ1n) is 5.14. The Morgan fingerprint density at radius 1 is 1.38 bits per heavy atom. The standard InChI is InChI=1S/C10H19NO2/c1-2-13-10(12)9-5-3-8(7-11)4-6-9/h8-9H,2-7,11H2,1H3. The highest BCUT2D eigenvalue weighted by molar-refractivity contribution is 5.72. The molecule has 0 heterocycles. The Bertz CT molecular complexity index is 162. The van der Waals surface area contributed by atoms with Crippen LogP contribution in [0.4, 0.5) is 0 Å². The quantitative estimate of drug-likeness (QED) is 0.674. The SMILES string of the molecule is CCOC(=O)C1CCC(CN)CC1. The van der Waals surface area contributed by atoms with Crippen LogP contribution in [0.3, 0.4) is 0 Å². The molecular formula is C10H19NO2. The second kappa shape index (κ2) is 5.22. The molecule has 0 amide bonds. The summed E-state index contributed by atoms with van der Waals surface area (Å²) in [6.07, 6.45) is 4.08. The van der Waals surface area contributed by atoms with Crippen molar-refractivity contribution in [3.63, 3.8) is 0 Å². The van der Waals surface area contributed by atoms with Gasteiger partial charge in [-0.15, -0.1) is 0 Å². The highest BCUT2D eigenvalue weighted by Crippen LogP contribution is 2.28. The van der Waals surface area contributed by atoms with Gasteiger partial charge in [0.25, 0.3) is 0 Å². The monoisotopic (exact) mass is 185 g/mol. The van der Waals surface area contributed by atoms with E-state index in [2.05, 4.69) is 0 Å². The van der Waals surface area contributed by atoms with Crippen molar-refractivity contribution in [1.29, 1.82) is 0 Å². The van der Waals surface area contributed by atoms with Crippen molar-refractivity contribution in [2.24, 2.45) is 17.6 Å². The van der Waals surface area contributed by atoms with Gasteiger partial charge in [0.15, 0.2) is 0 Å². The van der Waals surface area contributed by atoms with Gasteiger partial charge in [-0.05, 0) is 45.1 Å². The zero-order valence-electron chi connectivity index (χ0n) is 8.29. The van der Waals surface area contributed by atoms with Crippen molar-refractivity contribution < 1.29 is 9.53 Å².